The van der Waals surface area contributed by atoms with Crippen LogP contribution >= 0.6 is 23.1 Å². The summed E-state index contributed by atoms with van der Waals surface area (Å²) >= 11 is 2.73. The van der Waals surface area contributed by atoms with Gasteiger partial charge in [-0.15, -0.1) is 10.2 Å². The molecule has 31 heavy (non-hydrogen) atoms. The topological polar surface area (TPSA) is 97.1 Å². The Morgan fingerprint density at radius 2 is 1.84 bits per heavy atom. The lowest BCUT2D eigenvalue weighted by atomic mass is 9.94. The summed E-state index contributed by atoms with van der Waals surface area (Å²) in [6.45, 7) is 1.88. The predicted molar refractivity (Wildman–Crippen MR) is 122 cm³/mol. The van der Waals surface area contributed by atoms with Crippen LogP contribution in [0.1, 0.15) is 42.7 Å². The van der Waals surface area contributed by atoms with Crippen LogP contribution in [0, 0.1) is 6.92 Å². The number of phenolic OH excluding ortho intramolecular Hbond substituents is 1. The highest BCUT2D eigenvalue weighted by Crippen LogP contribution is 2.41. The molecule has 2 heterocycles. The molecule has 2 aliphatic rings. The van der Waals surface area contributed by atoms with E-state index in [1.807, 2.05) is 11.8 Å². The first kappa shape index (κ1) is 21.6. The van der Waals surface area contributed by atoms with Crippen LogP contribution in [0.3, 0.4) is 0 Å². The van der Waals surface area contributed by atoms with Crippen molar-refractivity contribution in [2.45, 2.75) is 45.1 Å². The average Bonchev–Trinajstić information content (AvgIpc) is 3.32. The summed E-state index contributed by atoms with van der Waals surface area (Å²) < 4.78 is 10.5. The largest absolute Gasteiger partial charge is 0.502 e. The van der Waals surface area contributed by atoms with Gasteiger partial charge >= 0.3 is 0 Å². The van der Waals surface area contributed by atoms with Crippen LogP contribution in [0.5, 0.6) is 17.2 Å². The summed E-state index contributed by atoms with van der Waals surface area (Å²) in [5.41, 5.74) is 0.693. The van der Waals surface area contributed by atoms with Gasteiger partial charge in [-0.1, -0.05) is 30.6 Å². The molecule has 2 aromatic rings. The Morgan fingerprint density at radius 3 is 2.42 bits per heavy atom. The van der Waals surface area contributed by atoms with Crippen LogP contribution in [0.25, 0.3) is 6.08 Å². The van der Waals surface area contributed by atoms with Gasteiger partial charge in [0.25, 0.3) is 5.91 Å². The zero-order valence-corrected chi connectivity index (χ0v) is 19.3. The molecule has 1 N–H and O–H groups in total. The van der Waals surface area contributed by atoms with Gasteiger partial charge in [0.15, 0.2) is 16.7 Å². The van der Waals surface area contributed by atoms with Crippen molar-refractivity contribution in [3.8, 4) is 17.2 Å². The number of nitrogens with zero attached hydrogens (tertiary/aromatic N) is 4. The minimum atomic E-state index is -0.0738. The van der Waals surface area contributed by atoms with Crippen molar-refractivity contribution in [1.82, 2.24) is 15.1 Å². The normalized spacial score (nSPS) is 20.1. The average molecular weight is 461 g/mol. The molecule has 0 bridgehead atoms. The molecule has 1 aromatic carbocycles. The molecular formula is C21H24N4O4S2. The Morgan fingerprint density at radius 1 is 1.16 bits per heavy atom. The second-order valence-corrected chi connectivity index (χ2v) is 9.52. The quantitative estimate of drug-likeness (QED) is 0.656. The zero-order valence-electron chi connectivity index (χ0n) is 17.6. The lowest BCUT2D eigenvalue weighted by molar-refractivity contribution is -0.124. The maximum Gasteiger partial charge on any atom is 0.267 e. The number of aromatic nitrogens is 2. The van der Waals surface area contributed by atoms with Gasteiger partial charge in [-0.3, -0.25) is 9.69 Å². The smallest absolute Gasteiger partial charge is 0.267 e. The fourth-order valence-corrected chi connectivity index (χ4v) is 5.44. The van der Waals surface area contributed by atoms with Gasteiger partial charge in [-0.2, -0.15) is 4.99 Å². The van der Waals surface area contributed by atoms with Gasteiger partial charge in [0.2, 0.25) is 10.9 Å². The van der Waals surface area contributed by atoms with E-state index in [1.54, 1.807) is 18.2 Å². The van der Waals surface area contributed by atoms with Crippen molar-refractivity contribution in [2.75, 3.05) is 14.2 Å². The highest BCUT2D eigenvalue weighted by atomic mass is 32.2. The summed E-state index contributed by atoms with van der Waals surface area (Å²) in [6, 6.07) is 3.48. The molecule has 0 radical (unpaired) electrons. The second-order valence-electron chi connectivity index (χ2n) is 7.35. The van der Waals surface area contributed by atoms with E-state index in [9.17, 15) is 9.90 Å². The molecule has 0 spiro atoms. The van der Waals surface area contributed by atoms with Gasteiger partial charge in [-0.05, 0) is 55.3 Å². The number of carbonyl (C=O) groups excluding carboxylic acids is 1. The summed E-state index contributed by atoms with van der Waals surface area (Å²) in [6.07, 6.45) is 7.12. The van der Waals surface area contributed by atoms with Crippen molar-refractivity contribution < 1.29 is 19.4 Å². The van der Waals surface area contributed by atoms with Gasteiger partial charge in [-0.25, -0.2) is 0 Å². The number of rotatable bonds is 5. The maximum atomic E-state index is 13.4. The van der Waals surface area contributed by atoms with Crippen LogP contribution in [0.4, 0.5) is 5.13 Å². The van der Waals surface area contributed by atoms with E-state index < -0.39 is 0 Å². The second kappa shape index (κ2) is 9.27. The molecule has 10 heteroatoms. The minimum Gasteiger partial charge on any atom is -0.502 e. The highest BCUT2D eigenvalue weighted by Gasteiger charge is 2.39. The van der Waals surface area contributed by atoms with Crippen LogP contribution in [0.2, 0.25) is 0 Å². The number of aryl methyl sites for hydroxylation is 1. The van der Waals surface area contributed by atoms with Crippen molar-refractivity contribution >= 4 is 45.4 Å². The van der Waals surface area contributed by atoms with Crippen LogP contribution in [-0.2, 0) is 4.79 Å². The Balaban J connectivity index is 1.72. The molecule has 1 aliphatic carbocycles. The Labute approximate surface area is 189 Å². The lowest BCUT2D eigenvalue weighted by Crippen LogP contribution is -2.40. The number of amidine groups is 1. The molecule has 0 atom stereocenters. The summed E-state index contributed by atoms with van der Waals surface area (Å²) in [7, 11) is 2.95. The SMILES string of the molecule is COc1cc(/C=C2\S/C(=N/c3nnc(C)s3)N(C3CCCCC3)C2=O)cc(OC)c1O. The highest BCUT2D eigenvalue weighted by molar-refractivity contribution is 8.18. The fraction of sp³-hybridized carbons (Fsp3) is 0.429. The molecule has 1 aliphatic heterocycles. The van der Waals surface area contributed by atoms with E-state index in [0.717, 1.165) is 30.7 Å². The third kappa shape index (κ3) is 4.54. The van der Waals surface area contributed by atoms with Crippen molar-refractivity contribution in [3.63, 3.8) is 0 Å². The number of phenols is 1. The van der Waals surface area contributed by atoms with Crippen LogP contribution in [0.15, 0.2) is 22.0 Å². The van der Waals surface area contributed by atoms with E-state index >= 15 is 0 Å². The Kier molecular flexibility index (Phi) is 6.47. The first-order valence-corrected chi connectivity index (χ1v) is 11.7. The van der Waals surface area contributed by atoms with Crippen LogP contribution < -0.4 is 9.47 Å². The third-order valence-corrected chi connectivity index (χ3v) is 7.00. The van der Waals surface area contributed by atoms with E-state index in [4.69, 9.17) is 9.47 Å². The number of thioether (sulfide) groups is 1. The number of ether oxygens (including phenoxy) is 2. The number of carbonyl (C=O) groups is 1. The van der Waals surface area contributed by atoms with Crippen LogP contribution in [-0.4, -0.2) is 51.5 Å². The fourth-order valence-electron chi connectivity index (χ4n) is 3.79. The van der Waals surface area contributed by atoms with E-state index in [2.05, 4.69) is 15.2 Å². The molecule has 1 saturated heterocycles. The number of amides is 1. The van der Waals surface area contributed by atoms with E-state index in [0.29, 0.717) is 20.8 Å². The number of hydrogen-bond acceptors (Lipinski definition) is 9. The summed E-state index contributed by atoms with van der Waals surface area (Å²) in [5, 5.41) is 20.3. The van der Waals surface area contributed by atoms with E-state index in [-0.39, 0.29) is 29.2 Å². The Bertz CT molecular complexity index is 1020. The van der Waals surface area contributed by atoms with E-state index in [1.165, 1.54) is 43.7 Å². The number of hydrogen-bond donors (Lipinski definition) is 1. The third-order valence-electron chi connectivity index (χ3n) is 5.28. The van der Waals surface area contributed by atoms with Crippen molar-refractivity contribution in [1.29, 1.82) is 0 Å². The standard InChI is InChI=1S/C21H24N4O4S2/c1-12-23-24-20(30-12)22-21-25(14-7-5-4-6-8-14)19(27)17(31-21)11-13-9-15(28-2)18(26)16(10-13)29-3/h9-11,14,26H,4-8H2,1-3H3/b17-11-,22-21+. The first-order chi connectivity index (χ1) is 15.0. The molecule has 1 saturated carbocycles. The molecular weight excluding hydrogens is 436 g/mol. The van der Waals surface area contributed by atoms with Gasteiger partial charge in [0, 0.05) is 6.04 Å². The molecule has 164 valence electrons. The maximum absolute atomic E-state index is 13.4. The molecule has 8 nitrogen and oxygen atoms in total. The predicted octanol–water partition coefficient (Wildman–Crippen LogP) is 4.51. The number of aromatic hydroxyl groups is 1. The Hall–Kier alpha value is -2.59. The molecule has 1 aromatic heterocycles. The van der Waals surface area contributed by atoms with Crippen molar-refractivity contribution in [2.24, 2.45) is 4.99 Å². The molecule has 2 fully saturated rings. The van der Waals surface area contributed by atoms with Gasteiger partial charge < -0.3 is 14.6 Å². The van der Waals surface area contributed by atoms with Crippen molar-refractivity contribution in [3.05, 3.63) is 27.6 Å². The molecule has 1 amide bonds. The van der Waals surface area contributed by atoms with Gasteiger partial charge in [0.05, 0.1) is 19.1 Å². The monoisotopic (exact) mass is 460 g/mol. The zero-order chi connectivity index (χ0) is 22.0. The number of benzene rings is 1. The molecule has 0 unspecified atom stereocenters. The molecule has 4 rings (SSSR count). The summed E-state index contributed by atoms with van der Waals surface area (Å²) in [4.78, 5) is 20.4. The lowest BCUT2D eigenvalue weighted by Gasteiger charge is -2.30. The number of methoxy groups -OCH3 is 2. The first-order valence-electron chi connectivity index (χ1n) is 10.1. The van der Waals surface area contributed by atoms with Gasteiger partial charge in [0.1, 0.15) is 5.01 Å². The minimum absolute atomic E-state index is 0.0668. The summed E-state index contributed by atoms with van der Waals surface area (Å²) in [5.74, 6) is 0.422. The number of aliphatic imine (C=N–C) groups is 1.